The van der Waals surface area contributed by atoms with E-state index in [-0.39, 0.29) is 15.4 Å². The first-order chi connectivity index (χ1) is 22.2. The Balaban J connectivity index is 0.000000930. The lowest BCUT2D eigenvalue weighted by Crippen LogP contribution is -2.14. The summed E-state index contributed by atoms with van der Waals surface area (Å²) in [5.41, 5.74) is 0.198. The number of halogens is 10. The summed E-state index contributed by atoms with van der Waals surface area (Å²) in [6.45, 7) is 0. The van der Waals surface area contributed by atoms with Crippen LogP contribution in [-0.2, 0) is 10.9 Å². The molecule has 1 unspecified atom stereocenters. The van der Waals surface area contributed by atoms with E-state index >= 15 is 8.78 Å². The van der Waals surface area contributed by atoms with Crippen molar-refractivity contribution in [3.05, 3.63) is 143 Å². The fraction of sp³-hybridized carbons (Fsp3) is 0.0312. The molecule has 0 saturated carbocycles. The summed E-state index contributed by atoms with van der Waals surface area (Å²) in [4.78, 5) is 13.5. The van der Waals surface area contributed by atoms with Crippen molar-refractivity contribution in [2.24, 2.45) is 0 Å². The summed E-state index contributed by atoms with van der Waals surface area (Å²) in [7, 11) is -6.32. The van der Waals surface area contributed by atoms with Crippen LogP contribution in [0.5, 0.6) is 5.75 Å². The molecule has 0 aromatic heterocycles. The lowest BCUT2D eigenvalue weighted by Gasteiger charge is -2.13. The zero-order valence-electron chi connectivity index (χ0n) is 23.7. The Hall–Kier alpha value is -4.37. The van der Waals surface area contributed by atoms with Gasteiger partial charge < -0.3 is 22.0 Å². The van der Waals surface area contributed by atoms with Gasteiger partial charge in [-0.2, -0.15) is 8.78 Å². The minimum atomic E-state index is -6.00. The molecule has 0 fully saturated rings. The summed E-state index contributed by atoms with van der Waals surface area (Å²) in [5, 5.41) is 0. The van der Waals surface area contributed by atoms with Gasteiger partial charge in [-0.25, -0.2) is 17.6 Å². The highest BCUT2D eigenvalue weighted by Gasteiger charge is 2.41. The molecule has 0 radical (unpaired) electrons. The summed E-state index contributed by atoms with van der Waals surface area (Å²) >= 11 is 1.09. The van der Waals surface area contributed by atoms with Crippen LogP contribution in [0.2, 0.25) is 0 Å². The molecule has 5 aromatic carbocycles. The van der Waals surface area contributed by atoms with Crippen LogP contribution in [0.4, 0.5) is 43.6 Å². The third-order valence-electron chi connectivity index (χ3n) is 6.19. The van der Waals surface area contributed by atoms with E-state index in [1.165, 1.54) is 55.6 Å². The number of carbonyl (C=O) groups is 1. The summed E-state index contributed by atoms with van der Waals surface area (Å²) < 4.78 is 131. The van der Waals surface area contributed by atoms with Gasteiger partial charge in [0.25, 0.3) is 0 Å². The van der Waals surface area contributed by atoms with E-state index in [1.54, 1.807) is 48.5 Å². The van der Waals surface area contributed by atoms with Gasteiger partial charge in [-0.05, 0) is 60.7 Å². The highest BCUT2D eigenvalue weighted by Crippen LogP contribution is 2.39. The van der Waals surface area contributed by atoms with Gasteiger partial charge in [0.05, 0.1) is 12.7 Å². The number of ether oxygens (including phenoxy) is 1. The van der Waals surface area contributed by atoms with Gasteiger partial charge in [0.15, 0.2) is 15.6 Å². The van der Waals surface area contributed by atoms with E-state index in [2.05, 4.69) is 0 Å². The Kier molecular flexibility index (Phi) is 11.3. The molecule has 0 aliphatic carbocycles. The zero-order valence-corrected chi connectivity index (χ0v) is 25.4. The Labute approximate surface area is 268 Å². The van der Waals surface area contributed by atoms with Crippen LogP contribution in [0.1, 0.15) is 15.9 Å². The second-order valence-electron chi connectivity index (χ2n) is 9.26. The molecule has 47 heavy (non-hydrogen) atoms. The molecule has 0 bridgehead atoms. The average Bonchev–Trinajstić information content (AvgIpc) is 3.05. The van der Waals surface area contributed by atoms with Crippen molar-refractivity contribution in [1.29, 1.82) is 0 Å². The lowest BCUT2D eigenvalue weighted by molar-refractivity contribution is 0.103. The van der Waals surface area contributed by atoms with Gasteiger partial charge in [-0.1, -0.05) is 48.2 Å². The van der Waals surface area contributed by atoms with Crippen molar-refractivity contribution < 1.29 is 53.1 Å². The number of hydrogen-bond acceptors (Lipinski definition) is 3. The molecule has 0 aliphatic heterocycles. The van der Waals surface area contributed by atoms with Crippen LogP contribution < -0.4 is 4.74 Å². The Morgan fingerprint density at radius 3 is 1.64 bits per heavy atom. The molecular formula is C32H19BF10O2S2. The Bertz CT molecular complexity index is 1840. The zero-order chi connectivity index (χ0) is 34.5. The molecule has 0 aliphatic rings. The average molecular weight is 700 g/mol. The molecular weight excluding hydrogens is 681 g/mol. The number of hydrogen-bond donors (Lipinski definition) is 0. The van der Waals surface area contributed by atoms with E-state index < -0.39 is 63.7 Å². The molecule has 1 atom stereocenters. The lowest BCUT2D eigenvalue weighted by atomic mass is 10.0. The van der Waals surface area contributed by atoms with Gasteiger partial charge in [-0.3, -0.25) is 4.79 Å². The van der Waals surface area contributed by atoms with Crippen molar-refractivity contribution >= 4 is 35.7 Å². The third kappa shape index (κ3) is 8.52. The van der Waals surface area contributed by atoms with Gasteiger partial charge >= 0.3 is 7.25 Å². The van der Waals surface area contributed by atoms with E-state index in [9.17, 15) is 39.6 Å². The third-order valence-corrected chi connectivity index (χ3v) is 9.52. The molecule has 0 heterocycles. The van der Waals surface area contributed by atoms with Crippen LogP contribution >= 0.6 is 11.8 Å². The molecule has 15 heteroatoms. The SMILES string of the molecule is COc1ccc([S+](c2ccc(Sc3cccc(F)c3C(=O)c3ccccc3)cc2)c2c(F)c(F)c(F)c(F)c2F)cc1.F[B-](F)(F)F. The predicted octanol–water partition coefficient (Wildman–Crippen LogP) is 10.3. The maximum atomic E-state index is 15.0. The van der Waals surface area contributed by atoms with Crippen molar-refractivity contribution in [1.82, 2.24) is 0 Å². The Morgan fingerprint density at radius 2 is 1.13 bits per heavy atom. The van der Waals surface area contributed by atoms with E-state index in [0.29, 0.717) is 21.1 Å². The number of benzene rings is 5. The molecule has 244 valence electrons. The Morgan fingerprint density at radius 1 is 0.638 bits per heavy atom. The molecule has 2 nitrogen and oxygen atoms in total. The van der Waals surface area contributed by atoms with Gasteiger partial charge in [0, 0.05) is 15.4 Å². The standard InChI is InChI=1S/C32H19F6O2S2.BF4/c1-40-19-10-14-21(15-11-19)42(32-29(37)27(35)26(34)28(36)30(32)38)22-16-12-20(13-17-22)41-24-9-5-8-23(33)25(24)31(39)18-6-3-2-4-7-18;2-1(3,4)5/h2-17H,1H3;/q+1;-1. The first kappa shape index (κ1) is 35.5. The maximum Gasteiger partial charge on any atom is 0.673 e. The van der Waals surface area contributed by atoms with Crippen LogP contribution in [0.3, 0.4) is 0 Å². The number of methoxy groups -OCH3 is 1. The number of carbonyl (C=O) groups excluding carboxylic acids is 1. The summed E-state index contributed by atoms with van der Waals surface area (Å²) in [5.74, 6) is -10.9. The monoisotopic (exact) mass is 700 g/mol. The minimum Gasteiger partial charge on any atom is -0.497 e. The van der Waals surface area contributed by atoms with Crippen LogP contribution in [0.15, 0.2) is 122 Å². The molecule has 5 aromatic rings. The normalized spacial score (nSPS) is 11.8. The van der Waals surface area contributed by atoms with E-state index in [0.717, 1.165) is 11.8 Å². The smallest absolute Gasteiger partial charge is 0.497 e. The predicted molar refractivity (Wildman–Crippen MR) is 158 cm³/mol. The highest BCUT2D eigenvalue weighted by atomic mass is 32.2. The molecule has 5 rings (SSSR count). The first-order valence-corrected chi connectivity index (χ1v) is 15.2. The van der Waals surface area contributed by atoms with Crippen LogP contribution in [0.25, 0.3) is 0 Å². The molecule has 0 N–H and O–H groups in total. The van der Waals surface area contributed by atoms with Crippen LogP contribution in [0, 0.1) is 34.9 Å². The molecule has 0 saturated heterocycles. The van der Waals surface area contributed by atoms with Crippen LogP contribution in [-0.4, -0.2) is 20.1 Å². The topological polar surface area (TPSA) is 26.3 Å². The van der Waals surface area contributed by atoms with Gasteiger partial charge in [0.1, 0.15) is 22.5 Å². The summed E-state index contributed by atoms with van der Waals surface area (Å²) in [6, 6.07) is 24.6. The van der Waals surface area contributed by atoms with Crippen molar-refractivity contribution in [2.75, 3.05) is 7.11 Å². The largest absolute Gasteiger partial charge is 0.673 e. The quantitative estimate of drug-likeness (QED) is 0.0403. The fourth-order valence-electron chi connectivity index (χ4n) is 4.16. The maximum absolute atomic E-state index is 15.0. The number of ketones is 1. The fourth-order valence-corrected chi connectivity index (χ4v) is 7.22. The van der Waals surface area contributed by atoms with Gasteiger partial charge in [-0.15, -0.1) is 0 Å². The van der Waals surface area contributed by atoms with Crippen molar-refractivity contribution in [3.8, 4) is 5.75 Å². The molecule has 0 spiro atoms. The summed E-state index contributed by atoms with van der Waals surface area (Å²) in [6.07, 6.45) is 0. The second kappa shape index (κ2) is 15.0. The van der Waals surface area contributed by atoms with E-state index in [4.69, 9.17) is 4.74 Å². The van der Waals surface area contributed by atoms with Crippen molar-refractivity contribution in [2.45, 2.75) is 24.5 Å². The van der Waals surface area contributed by atoms with Gasteiger partial charge in [0.2, 0.25) is 34.0 Å². The van der Waals surface area contributed by atoms with E-state index in [1.807, 2.05) is 0 Å². The highest BCUT2D eigenvalue weighted by molar-refractivity contribution is 7.99. The van der Waals surface area contributed by atoms with Crippen molar-refractivity contribution in [3.63, 3.8) is 0 Å². The molecule has 0 amide bonds. The second-order valence-corrected chi connectivity index (χ2v) is 12.3. The first-order valence-electron chi connectivity index (χ1n) is 13.1. The minimum absolute atomic E-state index is 0.114. The number of rotatable bonds is 8.